The minimum absolute atomic E-state index is 0.0748. The van der Waals surface area contributed by atoms with Crippen molar-refractivity contribution in [2.24, 2.45) is 9.98 Å². The predicted molar refractivity (Wildman–Crippen MR) is 197 cm³/mol. The fourth-order valence-corrected chi connectivity index (χ4v) is 6.61. The van der Waals surface area contributed by atoms with Gasteiger partial charge in [-0.3, -0.25) is 14.4 Å². The molecule has 0 saturated carbocycles. The van der Waals surface area contributed by atoms with Gasteiger partial charge in [0.25, 0.3) is 21.8 Å². The molecule has 0 saturated heterocycles. The molecule has 3 N–H and O–H groups in total. The predicted octanol–water partition coefficient (Wildman–Crippen LogP) is 5.65. The molecule has 3 heterocycles. The van der Waals surface area contributed by atoms with E-state index in [-0.39, 0.29) is 51.0 Å². The first kappa shape index (κ1) is 35.4. The Labute approximate surface area is 303 Å². The standard InChI is InChI=1S/C35H30ClN9O6S/c1-21(46)39-23-11-13-26(36)28(16-23)41-35(48)31(33-43-32-30(18-37-20-38-32)52(49,50)45(33)19-25-10-7-15-51-25)40-27-14-12-24(44(2)3)17-29(27)42-34(47)22-8-5-4-6-9-22/h4-18,20H,19H2,1-3H3,(H,39,46)(H,41,48)(H,42,47)/b40-31-. The summed E-state index contributed by atoms with van der Waals surface area (Å²) in [5.41, 5.74) is 1.26. The second-order valence-electron chi connectivity index (χ2n) is 11.4. The number of benzene rings is 3. The van der Waals surface area contributed by atoms with Gasteiger partial charge in [-0.25, -0.2) is 32.7 Å². The van der Waals surface area contributed by atoms with E-state index in [1.165, 1.54) is 25.3 Å². The number of amides is 3. The third-order valence-corrected chi connectivity index (χ3v) is 9.58. The molecule has 52 heavy (non-hydrogen) atoms. The van der Waals surface area contributed by atoms with Crippen molar-refractivity contribution in [2.75, 3.05) is 34.9 Å². The average Bonchev–Trinajstić information content (AvgIpc) is 3.64. The van der Waals surface area contributed by atoms with Crippen molar-refractivity contribution in [2.45, 2.75) is 18.4 Å². The van der Waals surface area contributed by atoms with E-state index < -0.39 is 33.4 Å². The van der Waals surface area contributed by atoms with Gasteiger partial charge in [-0.15, -0.1) is 0 Å². The van der Waals surface area contributed by atoms with Crippen LogP contribution in [-0.2, 0) is 26.2 Å². The number of carbonyl (C=O) groups excluding carboxylic acids is 3. The molecule has 17 heteroatoms. The highest BCUT2D eigenvalue weighted by Crippen LogP contribution is 2.35. The normalized spacial score (nSPS) is 13.4. The summed E-state index contributed by atoms with van der Waals surface area (Å²) in [6.45, 7) is 0.939. The van der Waals surface area contributed by atoms with E-state index in [1.54, 1.807) is 66.7 Å². The van der Waals surface area contributed by atoms with Crippen molar-refractivity contribution in [3.05, 3.63) is 114 Å². The first-order chi connectivity index (χ1) is 24.9. The van der Waals surface area contributed by atoms with Gasteiger partial charge in [0.2, 0.25) is 5.91 Å². The molecule has 0 fully saturated rings. The van der Waals surface area contributed by atoms with Crippen molar-refractivity contribution >= 4 is 85.1 Å². The second-order valence-corrected chi connectivity index (χ2v) is 13.7. The van der Waals surface area contributed by atoms with Crippen molar-refractivity contribution < 1.29 is 27.2 Å². The smallest absolute Gasteiger partial charge is 0.278 e. The van der Waals surface area contributed by atoms with Crippen LogP contribution in [0.2, 0.25) is 5.02 Å². The molecular formula is C35H30ClN9O6S. The van der Waals surface area contributed by atoms with Gasteiger partial charge in [0, 0.05) is 38.0 Å². The Hall–Kier alpha value is -6.39. The summed E-state index contributed by atoms with van der Waals surface area (Å²) in [5.74, 6) is -2.16. The highest BCUT2D eigenvalue weighted by molar-refractivity contribution is 7.90. The van der Waals surface area contributed by atoms with E-state index in [2.05, 4.69) is 30.9 Å². The number of aromatic nitrogens is 2. The molecule has 0 bridgehead atoms. The van der Waals surface area contributed by atoms with Gasteiger partial charge in [0.15, 0.2) is 22.3 Å². The lowest BCUT2D eigenvalue weighted by molar-refractivity contribution is -0.114. The zero-order valence-electron chi connectivity index (χ0n) is 27.9. The van der Waals surface area contributed by atoms with Crippen LogP contribution >= 0.6 is 11.6 Å². The van der Waals surface area contributed by atoms with E-state index in [0.717, 1.165) is 16.8 Å². The van der Waals surface area contributed by atoms with Crippen molar-refractivity contribution in [3.63, 3.8) is 0 Å². The summed E-state index contributed by atoms with van der Waals surface area (Å²) in [5, 5.41) is 8.28. The van der Waals surface area contributed by atoms with Gasteiger partial charge in [-0.2, -0.15) is 0 Å². The molecule has 2 aromatic heterocycles. The number of anilines is 4. The molecule has 1 aliphatic rings. The Balaban J connectivity index is 1.55. The van der Waals surface area contributed by atoms with Crippen LogP contribution in [0.4, 0.5) is 34.3 Å². The first-order valence-corrected chi connectivity index (χ1v) is 17.3. The third-order valence-electron chi connectivity index (χ3n) is 7.53. The Bertz CT molecular complexity index is 2350. The zero-order valence-corrected chi connectivity index (χ0v) is 29.4. The summed E-state index contributed by atoms with van der Waals surface area (Å²) in [6.07, 6.45) is 3.60. The van der Waals surface area contributed by atoms with Gasteiger partial charge in [-0.1, -0.05) is 29.8 Å². The Morgan fingerprint density at radius 1 is 0.942 bits per heavy atom. The van der Waals surface area contributed by atoms with Gasteiger partial charge in [0.1, 0.15) is 12.1 Å². The number of nitrogens with zero attached hydrogens (tertiary/aromatic N) is 6. The van der Waals surface area contributed by atoms with Crippen LogP contribution in [0.25, 0.3) is 0 Å². The number of hydrogen-bond acceptors (Lipinski definition) is 11. The number of nitrogens with one attached hydrogen (secondary N) is 3. The number of carbonyl (C=O) groups is 3. The van der Waals surface area contributed by atoms with Gasteiger partial charge < -0.3 is 25.3 Å². The van der Waals surface area contributed by atoms with Crippen LogP contribution in [-0.4, -0.2) is 66.1 Å². The van der Waals surface area contributed by atoms with Crippen molar-refractivity contribution in [3.8, 4) is 0 Å². The lowest BCUT2D eigenvalue weighted by atomic mass is 10.1. The van der Waals surface area contributed by atoms with E-state index in [0.29, 0.717) is 16.9 Å². The van der Waals surface area contributed by atoms with E-state index in [9.17, 15) is 22.8 Å². The molecule has 0 unspecified atom stereocenters. The minimum atomic E-state index is -4.46. The van der Waals surface area contributed by atoms with Gasteiger partial charge in [-0.05, 0) is 60.7 Å². The van der Waals surface area contributed by atoms with Crippen LogP contribution in [0, 0.1) is 0 Å². The number of fused-ring (bicyclic) bond motifs is 1. The lowest BCUT2D eigenvalue weighted by Gasteiger charge is -2.29. The molecule has 0 aliphatic carbocycles. The van der Waals surface area contributed by atoms with E-state index in [1.807, 2.05) is 19.0 Å². The van der Waals surface area contributed by atoms with Crippen LogP contribution < -0.4 is 20.9 Å². The second kappa shape index (κ2) is 14.8. The van der Waals surface area contributed by atoms with Crippen LogP contribution in [0.15, 0.2) is 117 Å². The molecule has 0 atom stereocenters. The maximum absolute atomic E-state index is 14.5. The molecule has 3 aromatic carbocycles. The molecule has 1 aliphatic heterocycles. The molecule has 6 rings (SSSR count). The topological polar surface area (TPSA) is 192 Å². The SMILES string of the molecule is CC(=O)Nc1ccc(Cl)c(NC(=O)/C(=N\c2ccc(N(C)C)cc2NC(=O)c2ccccc2)C2=Nc3ncncc3S(=O)(=O)N2Cc2ccco2)c1. The van der Waals surface area contributed by atoms with Gasteiger partial charge >= 0.3 is 0 Å². The van der Waals surface area contributed by atoms with Crippen molar-refractivity contribution in [1.82, 2.24) is 14.3 Å². The first-order valence-electron chi connectivity index (χ1n) is 15.5. The summed E-state index contributed by atoms with van der Waals surface area (Å²) in [6, 6.07) is 21.0. The molecular weight excluding hydrogens is 710 g/mol. The highest BCUT2D eigenvalue weighted by atomic mass is 35.5. The molecule has 5 aromatic rings. The maximum Gasteiger partial charge on any atom is 0.278 e. The number of sulfonamides is 1. The molecule has 15 nitrogen and oxygen atoms in total. The summed E-state index contributed by atoms with van der Waals surface area (Å²) < 4.78 is 34.7. The number of halogens is 1. The number of rotatable bonds is 10. The average molecular weight is 740 g/mol. The fourth-order valence-electron chi connectivity index (χ4n) is 5.03. The number of aliphatic imine (C=N–C) groups is 2. The Morgan fingerprint density at radius 3 is 2.44 bits per heavy atom. The summed E-state index contributed by atoms with van der Waals surface area (Å²) >= 11 is 6.47. The number of hydrogen-bond donors (Lipinski definition) is 3. The van der Waals surface area contributed by atoms with E-state index >= 15 is 0 Å². The highest BCUT2D eigenvalue weighted by Gasteiger charge is 2.40. The summed E-state index contributed by atoms with van der Waals surface area (Å²) in [4.78, 5) is 58.3. The number of amidine groups is 1. The lowest BCUT2D eigenvalue weighted by Crippen LogP contribution is -2.46. The maximum atomic E-state index is 14.5. The fraction of sp³-hybridized carbons (Fsp3) is 0.114. The minimum Gasteiger partial charge on any atom is -0.467 e. The molecule has 0 spiro atoms. The van der Waals surface area contributed by atoms with Crippen LogP contribution in [0.3, 0.4) is 0 Å². The molecule has 3 amide bonds. The quantitative estimate of drug-likeness (QED) is 0.152. The van der Waals surface area contributed by atoms with Gasteiger partial charge in [0.05, 0.1) is 41.1 Å². The Morgan fingerprint density at radius 2 is 1.73 bits per heavy atom. The van der Waals surface area contributed by atoms with Crippen molar-refractivity contribution in [1.29, 1.82) is 0 Å². The third kappa shape index (κ3) is 7.67. The zero-order chi connectivity index (χ0) is 37.0. The Kier molecular flexibility index (Phi) is 10.1. The molecule has 264 valence electrons. The van der Waals surface area contributed by atoms with Crippen LogP contribution in [0.5, 0.6) is 0 Å². The van der Waals surface area contributed by atoms with Crippen LogP contribution in [0.1, 0.15) is 23.0 Å². The molecule has 0 radical (unpaired) electrons. The summed E-state index contributed by atoms with van der Waals surface area (Å²) in [7, 11) is -0.833. The largest absolute Gasteiger partial charge is 0.467 e. The van der Waals surface area contributed by atoms with E-state index in [4.69, 9.17) is 21.0 Å². The number of furan rings is 1. The monoisotopic (exact) mass is 739 g/mol.